The second-order valence-electron chi connectivity index (χ2n) is 4.39. The van der Waals surface area contributed by atoms with E-state index in [0.29, 0.717) is 6.54 Å². The first-order valence-electron chi connectivity index (χ1n) is 5.87. The molecule has 2 rings (SSSR count). The lowest BCUT2D eigenvalue weighted by atomic mass is 10.2. The topological polar surface area (TPSA) is 28.2 Å². The number of hydrogen-bond donors (Lipinski definition) is 1. The molecule has 2 aromatic rings. The molecule has 19 heavy (non-hydrogen) atoms. The molecule has 0 unspecified atom stereocenters. The Morgan fingerprint density at radius 2 is 2.11 bits per heavy atom. The quantitative estimate of drug-likeness (QED) is 0.905. The summed E-state index contributed by atoms with van der Waals surface area (Å²) in [6, 6.07) is 7.92. The number of nitrogens with zero attached hydrogens (tertiary/aromatic N) is 2. The van der Waals surface area contributed by atoms with Crippen molar-refractivity contribution in [3.8, 4) is 0 Å². The molecule has 0 aliphatic heterocycles. The molecule has 5 heteroatoms. The SMILES string of the molecule is CN(C)c1ccncc1NCc1ccc(Br)c(Cl)c1. The van der Waals surface area contributed by atoms with Gasteiger partial charge in [0.2, 0.25) is 0 Å². The van der Waals surface area contributed by atoms with E-state index in [1.807, 2.05) is 44.6 Å². The molecule has 0 atom stereocenters. The van der Waals surface area contributed by atoms with Crippen LogP contribution in [0.1, 0.15) is 5.56 Å². The van der Waals surface area contributed by atoms with E-state index < -0.39 is 0 Å². The van der Waals surface area contributed by atoms with Gasteiger partial charge in [0.25, 0.3) is 0 Å². The van der Waals surface area contributed by atoms with Gasteiger partial charge in [-0.3, -0.25) is 4.98 Å². The smallest absolute Gasteiger partial charge is 0.0766 e. The van der Waals surface area contributed by atoms with E-state index in [0.717, 1.165) is 26.4 Å². The van der Waals surface area contributed by atoms with Crippen molar-refractivity contribution in [2.75, 3.05) is 24.3 Å². The fourth-order valence-corrected chi connectivity index (χ4v) is 2.21. The predicted octanol–water partition coefficient (Wildman–Crippen LogP) is 4.18. The summed E-state index contributed by atoms with van der Waals surface area (Å²) in [7, 11) is 4.02. The van der Waals surface area contributed by atoms with Gasteiger partial charge in [-0.2, -0.15) is 0 Å². The molecule has 0 saturated heterocycles. The van der Waals surface area contributed by atoms with E-state index in [9.17, 15) is 0 Å². The highest BCUT2D eigenvalue weighted by Crippen LogP contribution is 2.25. The minimum absolute atomic E-state index is 0.708. The Bertz CT molecular complexity index is 572. The average molecular weight is 341 g/mol. The van der Waals surface area contributed by atoms with Crippen LogP contribution in [0.2, 0.25) is 5.02 Å². The zero-order valence-corrected chi connectivity index (χ0v) is 13.2. The van der Waals surface area contributed by atoms with Gasteiger partial charge >= 0.3 is 0 Å². The Hall–Kier alpha value is -1.26. The second-order valence-corrected chi connectivity index (χ2v) is 5.65. The summed E-state index contributed by atoms with van der Waals surface area (Å²) in [6.07, 6.45) is 3.62. The van der Waals surface area contributed by atoms with Crippen LogP contribution in [0.15, 0.2) is 41.1 Å². The second kappa shape index (κ2) is 6.26. The van der Waals surface area contributed by atoms with Gasteiger partial charge in [0.1, 0.15) is 0 Å². The number of benzene rings is 1. The Labute approximate surface area is 126 Å². The number of hydrogen-bond acceptors (Lipinski definition) is 3. The van der Waals surface area contributed by atoms with Crippen LogP contribution >= 0.6 is 27.5 Å². The number of rotatable bonds is 4. The lowest BCUT2D eigenvalue weighted by Gasteiger charge is -2.18. The Morgan fingerprint density at radius 1 is 1.32 bits per heavy atom. The third-order valence-corrected chi connectivity index (χ3v) is 3.98. The van der Waals surface area contributed by atoms with E-state index in [1.165, 1.54) is 0 Å². The first kappa shape index (κ1) is 14.2. The number of pyridine rings is 1. The van der Waals surface area contributed by atoms with E-state index >= 15 is 0 Å². The zero-order chi connectivity index (χ0) is 13.8. The molecule has 1 heterocycles. The lowest BCUT2D eigenvalue weighted by Crippen LogP contribution is -2.12. The standard InChI is InChI=1S/C14H15BrClN3/c1-19(2)14-5-6-17-9-13(14)18-8-10-3-4-11(15)12(16)7-10/h3-7,9,18H,8H2,1-2H3. The molecule has 0 spiro atoms. The minimum Gasteiger partial charge on any atom is -0.378 e. The monoisotopic (exact) mass is 339 g/mol. The Morgan fingerprint density at radius 3 is 2.79 bits per heavy atom. The van der Waals surface area contributed by atoms with Crippen LogP contribution in [0.5, 0.6) is 0 Å². The maximum atomic E-state index is 6.08. The Kier molecular flexibility index (Phi) is 4.66. The predicted molar refractivity (Wildman–Crippen MR) is 85.0 cm³/mol. The first-order chi connectivity index (χ1) is 9.08. The van der Waals surface area contributed by atoms with Crippen LogP contribution in [0.4, 0.5) is 11.4 Å². The molecular formula is C14H15BrClN3. The molecule has 0 aliphatic carbocycles. The van der Waals surface area contributed by atoms with Crippen LogP contribution in [-0.2, 0) is 6.54 Å². The summed E-state index contributed by atoms with van der Waals surface area (Å²) in [5.41, 5.74) is 3.24. The molecule has 0 saturated carbocycles. The number of anilines is 2. The molecule has 1 aromatic heterocycles. The summed E-state index contributed by atoms with van der Waals surface area (Å²) < 4.78 is 0.910. The summed E-state index contributed by atoms with van der Waals surface area (Å²) >= 11 is 9.47. The molecule has 0 aliphatic rings. The van der Waals surface area contributed by atoms with Crippen molar-refractivity contribution in [1.29, 1.82) is 0 Å². The summed E-state index contributed by atoms with van der Waals surface area (Å²) in [6.45, 7) is 0.708. The third kappa shape index (κ3) is 3.61. The van der Waals surface area contributed by atoms with Crippen molar-refractivity contribution in [3.05, 3.63) is 51.7 Å². The van der Waals surface area contributed by atoms with Crippen LogP contribution in [0, 0.1) is 0 Å². The maximum absolute atomic E-state index is 6.08. The summed E-state index contributed by atoms with van der Waals surface area (Å²) in [5.74, 6) is 0. The van der Waals surface area contributed by atoms with Gasteiger partial charge in [0, 0.05) is 31.3 Å². The number of nitrogens with one attached hydrogen (secondary N) is 1. The van der Waals surface area contributed by atoms with Gasteiger partial charge < -0.3 is 10.2 Å². The molecule has 1 aromatic carbocycles. The summed E-state index contributed by atoms with van der Waals surface area (Å²) in [5, 5.41) is 4.10. The molecule has 3 nitrogen and oxygen atoms in total. The van der Waals surface area contributed by atoms with Gasteiger partial charge in [-0.05, 0) is 39.7 Å². The van der Waals surface area contributed by atoms with Gasteiger partial charge in [0.15, 0.2) is 0 Å². The van der Waals surface area contributed by atoms with Gasteiger partial charge in [0.05, 0.1) is 22.6 Å². The fourth-order valence-electron chi connectivity index (χ4n) is 1.76. The normalized spacial score (nSPS) is 10.3. The molecule has 0 bridgehead atoms. The Balaban J connectivity index is 2.12. The van der Waals surface area contributed by atoms with Crippen LogP contribution in [0.25, 0.3) is 0 Å². The molecule has 0 fully saturated rings. The molecule has 0 radical (unpaired) electrons. The molecular weight excluding hydrogens is 326 g/mol. The van der Waals surface area contributed by atoms with Gasteiger partial charge in [-0.15, -0.1) is 0 Å². The van der Waals surface area contributed by atoms with Crippen molar-refractivity contribution in [2.24, 2.45) is 0 Å². The fraction of sp³-hybridized carbons (Fsp3) is 0.214. The maximum Gasteiger partial charge on any atom is 0.0766 e. The van der Waals surface area contributed by atoms with E-state index in [2.05, 4.69) is 31.1 Å². The third-order valence-electron chi connectivity index (χ3n) is 2.75. The van der Waals surface area contributed by atoms with Crippen LogP contribution in [-0.4, -0.2) is 19.1 Å². The van der Waals surface area contributed by atoms with Crippen molar-refractivity contribution in [1.82, 2.24) is 4.98 Å². The number of halogens is 2. The van der Waals surface area contributed by atoms with Crippen molar-refractivity contribution in [3.63, 3.8) is 0 Å². The highest BCUT2D eigenvalue weighted by molar-refractivity contribution is 9.10. The summed E-state index contributed by atoms with van der Waals surface area (Å²) in [4.78, 5) is 6.20. The molecule has 1 N–H and O–H groups in total. The van der Waals surface area contributed by atoms with Crippen molar-refractivity contribution in [2.45, 2.75) is 6.54 Å². The minimum atomic E-state index is 0.708. The largest absolute Gasteiger partial charge is 0.378 e. The van der Waals surface area contributed by atoms with Crippen molar-refractivity contribution >= 4 is 38.9 Å². The van der Waals surface area contributed by atoms with Gasteiger partial charge in [-0.25, -0.2) is 0 Å². The van der Waals surface area contributed by atoms with E-state index in [-0.39, 0.29) is 0 Å². The van der Waals surface area contributed by atoms with Gasteiger partial charge in [-0.1, -0.05) is 17.7 Å². The molecule has 0 amide bonds. The van der Waals surface area contributed by atoms with E-state index in [1.54, 1.807) is 6.20 Å². The number of aromatic nitrogens is 1. The zero-order valence-electron chi connectivity index (χ0n) is 10.8. The van der Waals surface area contributed by atoms with E-state index in [4.69, 9.17) is 11.6 Å². The lowest BCUT2D eigenvalue weighted by molar-refractivity contribution is 1.09. The van der Waals surface area contributed by atoms with Crippen LogP contribution in [0.3, 0.4) is 0 Å². The average Bonchev–Trinajstić information content (AvgIpc) is 2.40. The highest BCUT2D eigenvalue weighted by atomic mass is 79.9. The highest BCUT2D eigenvalue weighted by Gasteiger charge is 2.04. The van der Waals surface area contributed by atoms with Crippen LogP contribution < -0.4 is 10.2 Å². The first-order valence-corrected chi connectivity index (χ1v) is 7.04. The molecule has 100 valence electrons. The van der Waals surface area contributed by atoms with Crippen molar-refractivity contribution < 1.29 is 0 Å².